The number of carbonyl (C=O) groups excluding carboxylic acids is 1. The second-order valence-corrected chi connectivity index (χ2v) is 8.79. The second kappa shape index (κ2) is 8.23. The van der Waals surface area contributed by atoms with Crippen molar-refractivity contribution >= 4 is 29.3 Å². The summed E-state index contributed by atoms with van der Waals surface area (Å²) in [4.78, 5) is 24.3. The fourth-order valence-corrected chi connectivity index (χ4v) is 4.34. The monoisotopic (exact) mass is 442 g/mol. The molecule has 1 aromatic carbocycles. The topological polar surface area (TPSA) is 103 Å². The third kappa shape index (κ3) is 4.13. The van der Waals surface area contributed by atoms with Crippen molar-refractivity contribution in [3.63, 3.8) is 0 Å². The Morgan fingerprint density at radius 2 is 1.82 bits per heavy atom. The van der Waals surface area contributed by atoms with Gasteiger partial charge < -0.3 is 15.5 Å². The predicted octanol–water partition coefficient (Wildman–Crippen LogP) is 3.47. The first-order chi connectivity index (χ1) is 16.2. The van der Waals surface area contributed by atoms with Crippen molar-refractivity contribution < 1.29 is 4.79 Å². The van der Waals surface area contributed by atoms with E-state index in [2.05, 4.69) is 31.8 Å². The van der Waals surface area contributed by atoms with E-state index in [1.165, 1.54) is 12.8 Å². The van der Waals surface area contributed by atoms with Gasteiger partial charge in [-0.1, -0.05) is 18.2 Å². The van der Waals surface area contributed by atoms with Gasteiger partial charge in [-0.15, -0.1) is 0 Å². The average molecular weight is 443 g/mol. The number of H-pyrrole nitrogens is 1. The number of amides is 1. The van der Waals surface area contributed by atoms with Crippen LogP contribution < -0.4 is 15.5 Å². The van der Waals surface area contributed by atoms with Crippen molar-refractivity contribution in [2.75, 3.05) is 23.3 Å². The highest BCUT2D eigenvalue weighted by Crippen LogP contribution is 2.39. The first-order valence-electron chi connectivity index (χ1n) is 11.5. The molecule has 4 aromatic rings. The van der Waals surface area contributed by atoms with Crippen LogP contribution in [0.3, 0.4) is 0 Å². The van der Waals surface area contributed by atoms with Crippen molar-refractivity contribution in [2.24, 2.45) is 0 Å². The molecule has 168 valence electrons. The average Bonchev–Trinajstić information content (AvgIpc) is 3.40. The van der Waals surface area contributed by atoms with Gasteiger partial charge in [0.2, 0.25) is 11.9 Å². The number of anilines is 3. The Balaban J connectivity index is 1.15. The molecule has 1 aliphatic heterocycles. The quantitative estimate of drug-likeness (QED) is 0.423. The number of nitrogens with zero attached hydrogens (tertiary/aromatic N) is 5. The van der Waals surface area contributed by atoms with E-state index in [-0.39, 0.29) is 11.9 Å². The third-order valence-corrected chi connectivity index (χ3v) is 6.36. The number of fused-ring (bicyclic) bond motifs is 1. The Kier molecular flexibility index (Phi) is 4.93. The molecule has 0 unspecified atom stereocenters. The van der Waals surface area contributed by atoms with E-state index in [1.54, 1.807) is 0 Å². The summed E-state index contributed by atoms with van der Waals surface area (Å²) in [5.74, 6) is 2.80. The third-order valence-electron chi connectivity index (χ3n) is 6.36. The molecular weight excluding hydrogens is 416 g/mol. The van der Waals surface area contributed by atoms with Crippen LogP contribution >= 0.6 is 0 Å². The van der Waals surface area contributed by atoms with Gasteiger partial charge in [0.15, 0.2) is 0 Å². The summed E-state index contributed by atoms with van der Waals surface area (Å²) >= 11 is 0. The molecule has 1 saturated carbocycles. The second-order valence-electron chi connectivity index (χ2n) is 8.79. The van der Waals surface area contributed by atoms with Crippen LogP contribution in [0.5, 0.6) is 0 Å². The fourth-order valence-electron chi connectivity index (χ4n) is 4.34. The van der Waals surface area contributed by atoms with Crippen molar-refractivity contribution in [1.82, 2.24) is 29.9 Å². The first-order valence-corrected chi connectivity index (χ1v) is 11.5. The minimum atomic E-state index is -0.0171. The number of aromatic amines is 1. The fraction of sp³-hybridized carbons (Fsp3) is 0.333. The minimum Gasteiger partial charge on any atom is -0.349 e. The maximum absolute atomic E-state index is 12.5. The van der Waals surface area contributed by atoms with Gasteiger partial charge >= 0.3 is 0 Å². The molecule has 9 nitrogen and oxygen atoms in total. The van der Waals surface area contributed by atoms with E-state index < -0.39 is 0 Å². The smallest absolute Gasteiger partial charge is 0.251 e. The van der Waals surface area contributed by atoms with Crippen molar-refractivity contribution in [3.05, 3.63) is 66.0 Å². The Morgan fingerprint density at radius 3 is 2.61 bits per heavy atom. The lowest BCUT2D eigenvalue weighted by molar-refractivity contribution is 0.0931. The van der Waals surface area contributed by atoms with Crippen LogP contribution in [-0.4, -0.2) is 49.6 Å². The zero-order valence-corrected chi connectivity index (χ0v) is 18.2. The van der Waals surface area contributed by atoms with Crippen molar-refractivity contribution in [3.8, 4) is 0 Å². The van der Waals surface area contributed by atoms with Crippen LogP contribution in [0.25, 0.3) is 5.65 Å². The van der Waals surface area contributed by atoms with E-state index in [0.717, 1.165) is 43.1 Å². The number of hydrogen-bond donors (Lipinski definition) is 3. The van der Waals surface area contributed by atoms with E-state index in [0.29, 0.717) is 23.4 Å². The van der Waals surface area contributed by atoms with E-state index >= 15 is 0 Å². The van der Waals surface area contributed by atoms with Crippen LogP contribution in [-0.2, 0) is 0 Å². The summed E-state index contributed by atoms with van der Waals surface area (Å²) in [6.45, 7) is 1.57. The summed E-state index contributed by atoms with van der Waals surface area (Å²) in [5, 5.41) is 14.0. The van der Waals surface area contributed by atoms with E-state index in [4.69, 9.17) is 9.97 Å². The van der Waals surface area contributed by atoms with Gasteiger partial charge in [-0.25, -0.2) is 0 Å². The molecule has 1 aliphatic carbocycles. The lowest BCUT2D eigenvalue weighted by Crippen LogP contribution is -2.45. The lowest BCUT2D eigenvalue weighted by atomic mass is 10.0. The molecule has 2 fully saturated rings. The number of aromatic nitrogens is 5. The highest BCUT2D eigenvalue weighted by Gasteiger charge is 2.27. The predicted molar refractivity (Wildman–Crippen MR) is 126 cm³/mol. The summed E-state index contributed by atoms with van der Waals surface area (Å²) in [7, 11) is 0. The highest BCUT2D eigenvalue weighted by molar-refractivity contribution is 5.94. The molecular formula is C24H26N8O. The van der Waals surface area contributed by atoms with E-state index in [9.17, 15) is 4.79 Å². The van der Waals surface area contributed by atoms with Gasteiger partial charge in [0.05, 0.1) is 5.69 Å². The zero-order chi connectivity index (χ0) is 22.2. The number of piperidine rings is 1. The zero-order valence-electron chi connectivity index (χ0n) is 18.2. The van der Waals surface area contributed by atoms with Gasteiger partial charge in [-0.2, -0.15) is 15.1 Å². The number of rotatable bonds is 6. The van der Waals surface area contributed by atoms with E-state index in [1.807, 2.05) is 53.1 Å². The maximum atomic E-state index is 12.5. The SMILES string of the molecule is O=C(NC1CCN(c2nc(Nc3cc(C4CC4)n[nH]3)n3cccc3n2)CC1)c1ccccc1. The number of carbonyl (C=O) groups is 1. The van der Waals surface area contributed by atoms with Gasteiger partial charge in [0, 0.05) is 42.9 Å². The molecule has 3 aromatic heterocycles. The molecule has 33 heavy (non-hydrogen) atoms. The largest absolute Gasteiger partial charge is 0.349 e. The van der Waals surface area contributed by atoms with Crippen molar-refractivity contribution in [2.45, 2.75) is 37.6 Å². The van der Waals surface area contributed by atoms with Crippen molar-refractivity contribution in [1.29, 1.82) is 0 Å². The molecule has 1 saturated heterocycles. The Labute approximate surface area is 191 Å². The molecule has 0 bridgehead atoms. The standard InChI is InChI=1S/C24H26N8O/c33-22(17-5-2-1-3-6-17)25-18-10-13-31(14-11-18)23-27-21-7-4-12-32(21)24(28-23)26-20-15-19(29-30-20)16-8-9-16/h1-7,12,15-16,18H,8-11,13-14H2,(H,25,33)(H2,26,27,28,29,30). The molecule has 0 spiro atoms. The summed E-state index contributed by atoms with van der Waals surface area (Å²) in [6.07, 6.45) is 6.08. The molecule has 2 aliphatic rings. The highest BCUT2D eigenvalue weighted by atomic mass is 16.1. The van der Waals surface area contributed by atoms with Crippen LogP contribution in [0.15, 0.2) is 54.7 Å². The minimum absolute atomic E-state index is 0.0171. The molecule has 0 atom stereocenters. The molecule has 1 amide bonds. The molecule has 6 rings (SSSR count). The Morgan fingerprint density at radius 1 is 1.00 bits per heavy atom. The normalized spacial score (nSPS) is 16.8. The van der Waals surface area contributed by atoms with Gasteiger partial charge in [-0.3, -0.25) is 14.3 Å². The molecule has 0 radical (unpaired) electrons. The Hall–Kier alpha value is -3.88. The number of hydrogen-bond acceptors (Lipinski definition) is 6. The lowest BCUT2D eigenvalue weighted by Gasteiger charge is -2.32. The summed E-state index contributed by atoms with van der Waals surface area (Å²) in [5.41, 5.74) is 2.64. The Bertz CT molecular complexity index is 1270. The first kappa shape index (κ1) is 19.8. The molecule has 3 N–H and O–H groups in total. The van der Waals surface area contributed by atoms with Crippen LogP contribution in [0, 0.1) is 0 Å². The van der Waals surface area contributed by atoms with Gasteiger partial charge in [0.1, 0.15) is 11.5 Å². The van der Waals surface area contributed by atoms with Crippen LogP contribution in [0.2, 0.25) is 0 Å². The number of nitrogens with one attached hydrogen (secondary N) is 3. The molecule has 9 heteroatoms. The van der Waals surface area contributed by atoms with Gasteiger partial charge in [0.25, 0.3) is 5.91 Å². The summed E-state index contributed by atoms with van der Waals surface area (Å²) in [6, 6.07) is 15.5. The number of benzene rings is 1. The van der Waals surface area contributed by atoms with Crippen LogP contribution in [0.4, 0.5) is 17.7 Å². The summed E-state index contributed by atoms with van der Waals surface area (Å²) < 4.78 is 1.94. The molecule has 4 heterocycles. The maximum Gasteiger partial charge on any atom is 0.251 e. The van der Waals surface area contributed by atoms with Gasteiger partial charge in [-0.05, 0) is 49.9 Å². The van der Waals surface area contributed by atoms with Crippen LogP contribution in [0.1, 0.15) is 47.7 Å².